The average molecular weight is 750 g/mol. The van der Waals surface area contributed by atoms with Gasteiger partial charge in [-0.15, -0.1) is 0 Å². The number of carbonyl (C=O) groups is 2. The number of alkyl halides is 6. The van der Waals surface area contributed by atoms with Crippen molar-refractivity contribution >= 4 is 45.1 Å². The zero-order valence-electron chi connectivity index (χ0n) is 28.4. The quantitative estimate of drug-likeness (QED) is 0.129. The first-order chi connectivity index (χ1) is 24.7. The van der Waals surface area contributed by atoms with Crippen molar-refractivity contribution in [3.8, 4) is 11.1 Å². The third-order valence-electron chi connectivity index (χ3n) is 8.75. The second-order valence-corrected chi connectivity index (χ2v) is 12.4. The van der Waals surface area contributed by atoms with Crippen LogP contribution >= 0.6 is 0 Å². The number of rotatable bonds is 10. The maximum absolute atomic E-state index is 15.0. The van der Waals surface area contributed by atoms with E-state index in [2.05, 4.69) is 4.98 Å². The highest BCUT2D eigenvalue weighted by Gasteiger charge is 2.40. The number of hydrogen-bond donors (Lipinski definition) is 3. The Hall–Kier alpha value is -5.74. The van der Waals surface area contributed by atoms with Gasteiger partial charge in [-0.25, -0.2) is 13.6 Å². The number of nitrogens with zero attached hydrogens (tertiary/aromatic N) is 3. The molecule has 5 rings (SSSR count). The van der Waals surface area contributed by atoms with Crippen molar-refractivity contribution in [1.29, 1.82) is 0 Å². The number of aliphatic carboxylic acids is 1. The number of hydrogen-bond acceptors (Lipinski definition) is 6. The number of benzene rings is 3. The van der Waals surface area contributed by atoms with Gasteiger partial charge in [0.05, 0.1) is 22.2 Å². The molecular weight excluding hydrogens is 718 g/mol. The normalized spacial score (nSPS) is 13.2. The zero-order chi connectivity index (χ0) is 39.2. The van der Waals surface area contributed by atoms with Crippen molar-refractivity contribution in [2.24, 2.45) is 7.05 Å². The highest BCUT2D eigenvalue weighted by molar-refractivity contribution is 6.01. The molecule has 2 aromatic heterocycles. The average Bonchev–Trinajstić information content (AvgIpc) is 3.06. The minimum Gasteiger partial charge on any atom is -0.480 e. The molecule has 1 amide bonds. The van der Waals surface area contributed by atoms with Crippen LogP contribution in [0.3, 0.4) is 0 Å². The predicted octanol–water partition coefficient (Wildman–Crippen LogP) is 7.30. The van der Waals surface area contributed by atoms with Crippen LogP contribution < -0.4 is 21.1 Å². The van der Waals surface area contributed by atoms with Gasteiger partial charge in [0.15, 0.2) is 0 Å². The van der Waals surface area contributed by atoms with E-state index >= 15 is 0 Å². The smallest absolute Gasteiger partial charge is 0.417 e. The van der Waals surface area contributed by atoms with E-state index in [1.54, 1.807) is 25.1 Å². The summed E-state index contributed by atoms with van der Waals surface area (Å²) in [5.41, 5.74) is -4.47. The first-order valence-corrected chi connectivity index (χ1v) is 15.9. The van der Waals surface area contributed by atoms with E-state index in [1.165, 1.54) is 56.6 Å². The maximum Gasteiger partial charge on any atom is 0.417 e. The summed E-state index contributed by atoms with van der Waals surface area (Å²) in [5, 5.41) is 13.8. The van der Waals surface area contributed by atoms with Crippen LogP contribution in [0, 0.1) is 11.6 Å². The minimum atomic E-state index is -5.01. The number of carbonyl (C=O) groups excluding carboxylic acids is 1. The Kier molecular flexibility index (Phi) is 10.4. The van der Waals surface area contributed by atoms with Gasteiger partial charge in [-0.05, 0) is 48.4 Å². The molecule has 53 heavy (non-hydrogen) atoms. The van der Waals surface area contributed by atoms with Crippen LogP contribution in [-0.2, 0) is 24.4 Å². The molecule has 3 aromatic carbocycles. The molecule has 9 nitrogen and oxygen atoms in total. The Balaban J connectivity index is 1.56. The number of carboxylic acid groups (broad SMARTS) is 1. The first-order valence-electron chi connectivity index (χ1n) is 15.9. The summed E-state index contributed by atoms with van der Waals surface area (Å²) in [4.78, 5) is 44.8. The molecule has 0 saturated carbocycles. The summed E-state index contributed by atoms with van der Waals surface area (Å²) < 4.78 is 115. The number of nitrogens with one attached hydrogen (secondary N) is 2. The van der Waals surface area contributed by atoms with Crippen LogP contribution in [0.2, 0.25) is 0 Å². The van der Waals surface area contributed by atoms with Crippen molar-refractivity contribution in [2.45, 2.75) is 44.2 Å². The van der Waals surface area contributed by atoms with E-state index in [1.807, 2.05) is 10.6 Å². The Bertz CT molecular complexity index is 2280. The van der Waals surface area contributed by atoms with Crippen LogP contribution in [0.1, 0.15) is 34.8 Å². The molecule has 0 fully saturated rings. The number of anilines is 2. The molecule has 5 aromatic rings. The fourth-order valence-electron chi connectivity index (χ4n) is 6.11. The predicted molar refractivity (Wildman–Crippen MR) is 182 cm³/mol. The van der Waals surface area contributed by atoms with E-state index in [-0.39, 0.29) is 32.9 Å². The lowest BCUT2D eigenvalue weighted by atomic mass is 9.91. The maximum atomic E-state index is 15.0. The van der Waals surface area contributed by atoms with E-state index in [0.29, 0.717) is 17.8 Å². The Morgan fingerprint density at radius 3 is 2.19 bits per heavy atom. The third kappa shape index (κ3) is 7.59. The van der Waals surface area contributed by atoms with Crippen LogP contribution in [0.25, 0.3) is 32.9 Å². The van der Waals surface area contributed by atoms with Gasteiger partial charge in [0, 0.05) is 61.5 Å². The molecule has 0 aliphatic carbocycles. The molecule has 0 aliphatic heterocycles. The molecule has 2 atom stereocenters. The molecule has 0 radical (unpaired) electrons. The van der Waals surface area contributed by atoms with Gasteiger partial charge in [0.1, 0.15) is 29.3 Å². The summed E-state index contributed by atoms with van der Waals surface area (Å²) >= 11 is 0. The second-order valence-electron chi connectivity index (χ2n) is 12.4. The fourth-order valence-corrected chi connectivity index (χ4v) is 6.11. The number of aromatic nitrogens is 2. The lowest BCUT2D eigenvalue weighted by Crippen LogP contribution is -2.43. The molecule has 0 spiro atoms. The molecule has 280 valence electrons. The zero-order valence-corrected chi connectivity index (χ0v) is 28.4. The molecule has 0 saturated heterocycles. The summed E-state index contributed by atoms with van der Waals surface area (Å²) in [7, 11) is 4.61. The summed E-state index contributed by atoms with van der Waals surface area (Å²) in [5.74, 6) is -6.33. The molecule has 3 N–H and O–H groups in total. The molecule has 2 heterocycles. The largest absolute Gasteiger partial charge is 0.480 e. The second kappa shape index (κ2) is 14.4. The van der Waals surface area contributed by atoms with Crippen LogP contribution in [-0.4, -0.2) is 58.9 Å². The van der Waals surface area contributed by atoms with E-state index in [4.69, 9.17) is 0 Å². The molecule has 2 unspecified atom stereocenters. The topological polar surface area (TPSA) is 117 Å². The van der Waals surface area contributed by atoms with Gasteiger partial charge >= 0.3 is 18.3 Å². The standard InChI is InChI=1S/C36H31F8N5O4/c1-5-27(35(39,40)41)46-18-14-23(37)29(24(38)15-18)32(50)47-25(34(52)53)13-17-8-10-21(31-20(17)7-6-12-45-31)28-30(36(42,43)44)22-16-19(48(2)3)9-11-26(22)49(4)33(28)51/h6-12,14-16,25,27,46H,5,13H2,1-4H3,(H,47,50)(H,52,53). The van der Waals surface area contributed by atoms with Crippen molar-refractivity contribution in [2.75, 3.05) is 24.3 Å². The Morgan fingerprint density at radius 2 is 1.62 bits per heavy atom. The number of halogens is 8. The molecule has 0 aliphatic rings. The van der Waals surface area contributed by atoms with E-state index in [0.717, 1.165) is 4.57 Å². The molecule has 0 bridgehead atoms. The fraction of sp³-hybridized carbons (Fsp3) is 0.278. The van der Waals surface area contributed by atoms with Gasteiger partial charge in [-0.3, -0.25) is 14.6 Å². The van der Waals surface area contributed by atoms with Gasteiger partial charge in [-0.1, -0.05) is 25.1 Å². The van der Waals surface area contributed by atoms with Gasteiger partial charge in [0.25, 0.3) is 11.5 Å². The number of amides is 1. The van der Waals surface area contributed by atoms with Crippen molar-refractivity contribution in [1.82, 2.24) is 14.9 Å². The van der Waals surface area contributed by atoms with E-state index < -0.39 is 88.7 Å². The number of fused-ring (bicyclic) bond motifs is 2. The first kappa shape index (κ1) is 38.5. The lowest BCUT2D eigenvalue weighted by Gasteiger charge is -2.22. The van der Waals surface area contributed by atoms with Gasteiger partial charge in [0.2, 0.25) is 0 Å². The van der Waals surface area contributed by atoms with Crippen molar-refractivity contribution in [3.05, 3.63) is 99.5 Å². The summed E-state index contributed by atoms with van der Waals surface area (Å²) in [6.45, 7) is 1.20. The van der Waals surface area contributed by atoms with Crippen LogP contribution in [0.4, 0.5) is 46.5 Å². The third-order valence-corrected chi connectivity index (χ3v) is 8.75. The molecule has 17 heteroatoms. The Morgan fingerprint density at radius 1 is 0.962 bits per heavy atom. The van der Waals surface area contributed by atoms with Crippen molar-refractivity contribution in [3.63, 3.8) is 0 Å². The minimum absolute atomic E-state index is 0.0239. The summed E-state index contributed by atoms with van der Waals surface area (Å²) in [6.07, 6.45) is -9.54. The highest BCUT2D eigenvalue weighted by Crippen LogP contribution is 2.42. The van der Waals surface area contributed by atoms with Crippen LogP contribution in [0.15, 0.2) is 65.6 Å². The highest BCUT2D eigenvalue weighted by atomic mass is 19.4. The number of carboxylic acids is 1. The summed E-state index contributed by atoms with van der Waals surface area (Å²) in [6, 6.07) is 6.47. The lowest BCUT2D eigenvalue weighted by molar-refractivity contribution is -0.143. The number of aryl methyl sites for hydroxylation is 1. The van der Waals surface area contributed by atoms with Gasteiger partial charge < -0.3 is 25.2 Å². The van der Waals surface area contributed by atoms with Crippen molar-refractivity contribution < 1.29 is 49.8 Å². The van der Waals surface area contributed by atoms with Gasteiger partial charge in [-0.2, -0.15) is 26.3 Å². The number of pyridine rings is 2. The molecular formula is C36H31F8N5O4. The SMILES string of the molecule is CCC(Nc1cc(F)c(C(=O)NC(Cc2ccc(-c3c(C(F)(F)F)c4cc(N(C)C)ccc4n(C)c3=O)c3ncccc23)C(=O)O)c(F)c1)C(F)(F)F. The van der Waals surface area contributed by atoms with E-state index in [9.17, 15) is 54.6 Å². The van der Waals surface area contributed by atoms with Crippen LogP contribution in [0.5, 0.6) is 0 Å². The Labute approximate surface area is 295 Å². The monoisotopic (exact) mass is 749 g/mol.